The fourth-order valence-electron chi connectivity index (χ4n) is 1.96. The lowest BCUT2D eigenvalue weighted by Crippen LogP contribution is -2.51. The average molecular weight is 253 g/mol. The van der Waals surface area contributed by atoms with Gasteiger partial charge in [-0.25, -0.2) is 4.39 Å². The van der Waals surface area contributed by atoms with Gasteiger partial charge in [0.15, 0.2) is 0 Å². The first-order chi connectivity index (χ1) is 8.35. The molecule has 1 rings (SSSR count). The zero-order valence-corrected chi connectivity index (χ0v) is 11.3. The normalized spacial score (nSPS) is 13.2. The number of carbonyl (C=O) groups excluding carboxylic acids is 1. The molecule has 0 fully saturated rings. The van der Waals surface area contributed by atoms with Crippen molar-refractivity contribution < 1.29 is 13.9 Å². The number of ether oxygens (including phenoxy) is 1. The highest BCUT2D eigenvalue weighted by atomic mass is 19.1. The summed E-state index contributed by atoms with van der Waals surface area (Å²) >= 11 is 0. The van der Waals surface area contributed by atoms with Crippen molar-refractivity contribution in [2.45, 2.75) is 38.8 Å². The van der Waals surface area contributed by atoms with Gasteiger partial charge in [-0.2, -0.15) is 0 Å². The van der Waals surface area contributed by atoms with E-state index in [1.165, 1.54) is 19.2 Å². The number of hydrogen-bond acceptors (Lipinski definition) is 3. The number of nitrogens with one attached hydrogen (secondary N) is 1. The highest BCUT2D eigenvalue weighted by molar-refractivity contribution is 5.79. The standard InChI is InChI=1S/C14H20FNO2/c1-10(16-14(2,3)13(17)18-4)9-11-5-7-12(15)8-6-11/h5-8,10,16H,9H2,1-4H3. The summed E-state index contributed by atoms with van der Waals surface area (Å²) in [5.41, 5.74) is 0.297. The Morgan fingerprint density at radius 3 is 2.44 bits per heavy atom. The minimum absolute atomic E-state index is 0.0876. The van der Waals surface area contributed by atoms with E-state index in [9.17, 15) is 9.18 Å². The Balaban J connectivity index is 2.58. The predicted octanol–water partition coefficient (Wildman–Crippen LogP) is 2.30. The number of rotatable bonds is 5. The molecule has 100 valence electrons. The molecule has 0 radical (unpaired) electrons. The highest BCUT2D eigenvalue weighted by Gasteiger charge is 2.29. The largest absolute Gasteiger partial charge is 0.468 e. The van der Waals surface area contributed by atoms with E-state index in [0.29, 0.717) is 0 Å². The van der Waals surface area contributed by atoms with Gasteiger partial charge >= 0.3 is 5.97 Å². The van der Waals surface area contributed by atoms with E-state index in [1.807, 2.05) is 6.92 Å². The van der Waals surface area contributed by atoms with Crippen molar-refractivity contribution in [2.75, 3.05) is 7.11 Å². The van der Waals surface area contributed by atoms with E-state index in [0.717, 1.165) is 12.0 Å². The third kappa shape index (κ3) is 4.11. The molecule has 1 N–H and O–H groups in total. The summed E-state index contributed by atoms with van der Waals surface area (Å²) in [6, 6.07) is 6.46. The van der Waals surface area contributed by atoms with E-state index in [2.05, 4.69) is 5.32 Å². The van der Waals surface area contributed by atoms with E-state index < -0.39 is 5.54 Å². The van der Waals surface area contributed by atoms with Crippen LogP contribution < -0.4 is 5.32 Å². The fourth-order valence-corrected chi connectivity index (χ4v) is 1.96. The Hall–Kier alpha value is -1.42. The van der Waals surface area contributed by atoms with E-state index in [-0.39, 0.29) is 17.8 Å². The van der Waals surface area contributed by atoms with Crippen LogP contribution in [0.1, 0.15) is 26.3 Å². The lowest BCUT2D eigenvalue weighted by atomic mass is 10.0. The molecule has 0 aliphatic carbocycles. The topological polar surface area (TPSA) is 38.3 Å². The Kier molecular flexibility index (Phi) is 4.84. The Bertz CT molecular complexity index is 401. The Labute approximate surface area is 107 Å². The van der Waals surface area contributed by atoms with E-state index in [1.54, 1.807) is 26.0 Å². The van der Waals surface area contributed by atoms with Crippen LogP contribution in [-0.2, 0) is 16.0 Å². The molecule has 1 aromatic carbocycles. The van der Waals surface area contributed by atoms with Crippen LogP contribution in [0.3, 0.4) is 0 Å². The molecule has 1 atom stereocenters. The molecule has 0 heterocycles. The van der Waals surface area contributed by atoms with E-state index in [4.69, 9.17) is 4.74 Å². The van der Waals surface area contributed by atoms with Gasteiger partial charge in [0.1, 0.15) is 11.4 Å². The first kappa shape index (κ1) is 14.6. The molecular formula is C14H20FNO2. The molecule has 0 saturated carbocycles. The van der Waals surface area contributed by atoms with Crippen molar-refractivity contribution in [3.05, 3.63) is 35.6 Å². The molecule has 18 heavy (non-hydrogen) atoms. The van der Waals surface area contributed by atoms with Crippen molar-refractivity contribution in [2.24, 2.45) is 0 Å². The second-order valence-corrected chi connectivity index (χ2v) is 4.99. The number of carbonyl (C=O) groups is 1. The van der Waals surface area contributed by atoms with Crippen molar-refractivity contribution in [3.63, 3.8) is 0 Å². The smallest absolute Gasteiger partial charge is 0.325 e. The number of esters is 1. The SMILES string of the molecule is COC(=O)C(C)(C)NC(C)Cc1ccc(F)cc1. The summed E-state index contributed by atoms with van der Waals surface area (Å²) in [7, 11) is 1.37. The number of halogens is 1. The van der Waals surface area contributed by atoms with Gasteiger partial charge in [0.05, 0.1) is 7.11 Å². The van der Waals surface area contributed by atoms with Gasteiger partial charge in [-0.15, -0.1) is 0 Å². The van der Waals surface area contributed by atoms with Crippen LogP contribution in [-0.4, -0.2) is 24.7 Å². The van der Waals surface area contributed by atoms with Crippen LogP contribution in [0, 0.1) is 5.82 Å². The van der Waals surface area contributed by atoms with Gasteiger partial charge in [-0.05, 0) is 44.9 Å². The van der Waals surface area contributed by atoms with Crippen LogP contribution in [0.25, 0.3) is 0 Å². The first-order valence-electron chi connectivity index (χ1n) is 5.95. The molecule has 1 aromatic rings. The summed E-state index contributed by atoms with van der Waals surface area (Å²) in [5, 5.41) is 3.20. The molecule has 0 saturated heterocycles. The summed E-state index contributed by atoms with van der Waals surface area (Å²) in [5.74, 6) is -0.539. The van der Waals surface area contributed by atoms with Crippen LogP contribution >= 0.6 is 0 Å². The minimum atomic E-state index is -0.728. The number of methoxy groups -OCH3 is 1. The second-order valence-electron chi connectivity index (χ2n) is 4.99. The maximum absolute atomic E-state index is 12.8. The monoisotopic (exact) mass is 253 g/mol. The molecule has 4 heteroatoms. The molecule has 0 aliphatic heterocycles. The molecule has 0 amide bonds. The first-order valence-corrected chi connectivity index (χ1v) is 5.95. The minimum Gasteiger partial charge on any atom is -0.468 e. The Morgan fingerprint density at radius 1 is 1.39 bits per heavy atom. The molecule has 0 bridgehead atoms. The molecule has 0 aliphatic rings. The quantitative estimate of drug-likeness (QED) is 0.818. The maximum atomic E-state index is 12.8. The summed E-state index contributed by atoms with van der Waals surface area (Å²) < 4.78 is 17.5. The van der Waals surface area contributed by atoms with Crippen LogP contribution in [0.15, 0.2) is 24.3 Å². The Morgan fingerprint density at radius 2 is 1.94 bits per heavy atom. The van der Waals surface area contributed by atoms with Crippen LogP contribution in [0.2, 0.25) is 0 Å². The number of hydrogen-bond donors (Lipinski definition) is 1. The van der Waals surface area contributed by atoms with Gasteiger partial charge in [0, 0.05) is 6.04 Å². The lowest BCUT2D eigenvalue weighted by molar-refractivity contribution is -0.147. The van der Waals surface area contributed by atoms with Crippen molar-refractivity contribution in [1.82, 2.24) is 5.32 Å². The zero-order chi connectivity index (χ0) is 13.8. The predicted molar refractivity (Wildman–Crippen MR) is 68.8 cm³/mol. The van der Waals surface area contributed by atoms with Gasteiger partial charge in [-0.1, -0.05) is 12.1 Å². The lowest BCUT2D eigenvalue weighted by Gasteiger charge is -2.27. The van der Waals surface area contributed by atoms with Gasteiger partial charge in [0.2, 0.25) is 0 Å². The van der Waals surface area contributed by atoms with Crippen LogP contribution in [0.5, 0.6) is 0 Å². The second kappa shape index (κ2) is 5.96. The summed E-state index contributed by atoms with van der Waals surface area (Å²) in [6.45, 7) is 5.54. The third-order valence-corrected chi connectivity index (χ3v) is 2.76. The van der Waals surface area contributed by atoms with Crippen molar-refractivity contribution in [1.29, 1.82) is 0 Å². The van der Waals surface area contributed by atoms with Gasteiger partial charge in [0.25, 0.3) is 0 Å². The highest BCUT2D eigenvalue weighted by Crippen LogP contribution is 2.10. The molecular weight excluding hydrogens is 233 g/mol. The number of benzene rings is 1. The zero-order valence-electron chi connectivity index (χ0n) is 11.3. The third-order valence-electron chi connectivity index (χ3n) is 2.76. The maximum Gasteiger partial charge on any atom is 0.325 e. The molecule has 0 spiro atoms. The molecule has 3 nitrogen and oxygen atoms in total. The fraction of sp³-hybridized carbons (Fsp3) is 0.500. The average Bonchev–Trinajstić information content (AvgIpc) is 2.30. The molecule has 0 aromatic heterocycles. The van der Waals surface area contributed by atoms with Gasteiger partial charge < -0.3 is 4.74 Å². The summed E-state index contributed by atoms with van der Waals surface area (Å²) in [4.78, 5) is 11.5. The van der Waals surface area contributed by atoms with E-state index >= 15 is 0 Å². The van der Waals surface area contributed by atoms with Crippen molar-refractivity contribution in [3.8, 4) is 0 Å². The van der Waals surface area contributed by atoms with Crippen LogP contribution in [0.4, 0.5) is 4.39 Å². The summed E-state index contributed by atoms with van der Waals surface area (Å²) in [6.07, 6.45) is 0.723. The van der Waals surface area contributed by atoms with Gasteiger partial charge in [-0.3, -0.25) is 10.1 Å². The van der Waals surface area contributed by atoms with Crippen molar-refractivity contribution >= 4 is 5.97 Å². The molecule has 1 unspecified atom stereocenters.